The minimum absolute atomic E-state index is 0.00622. The van der Waals surface area contributed by atoms with Crippen LogP contribution in [0.1, 0.15) is 5.56 Å². The van der Waals surface area contributed by atoms with Gasteiger partial charge in [0.1, 0.15) is 6.26 Å². The Morgan fingerprint density at radius 1 is 1.53 bits per heavy atom. The molecule has 0 aromatic heterocycles. The number of carbonyl (C=O) groups is 1. The second kappa shape index (κ2) is 5.78. The van der Waals surface area contributed by atoms with Crippen LogP contribution in [0.2, 0.25) is 0 Å². The molecule has 1 N–H and O–H groups in total. The highest BCUT2D eigenvalue weighted by Crippen LogP contribution is 2.09. The van der Waals surface area contributed by atoms with Crippen LogP contribution in [0.3, 0.4) is 0 Å². The molecule has 4 heteroatoms. The topological polar surface area (TPSA) is 38.3 Å². The zero-order valence-corrected chi connectivity index (χ0v) is 10.1. The van der Waals surface area contributed by atoms with Gasteiger partial charge in [-0.1, -0.05) is 12.1 Å². The Bertz CT molecular complexity index is 341. The van der Waals surface area contributed by atoms with Crippen molar-refractivity contribution < 1.29 is 8.98 Å². The standard InChI is InChI=1S/C11H15NO2S/c1-9-5-4-6-10(7-9)12-11(13)8-15(3)14-2/h4-7H,8H2,1-3H3/p+1. The Labute approximate surface area is 93.4 Å². The molecule has 1 unspecified atom stereocenters. The number of amides is 1. The van der Waals surface area contributed by atoms with E-state index in [1.807, 2.05) is 37.4 Å². The molecule has 0 spiro atoms. The lowest BCUT2D eigenvalue weighted by atomic mass is 10.2. The number of nitrogens with one attached hydrogen (secondary N) is 1. The molecule has 1 aromatic carbocycles. The fraction of sp³-hybridized carbons (Fsp3) is 0.364. The maximum absolute atomic E-state index is 11.5. The largest absolute Gasteiger partial charge is 0.322 e. The van der Waals surface area contributed by atoms with Crippen LogP contribution in [-0.4, -0.2) is 25.0 Å². The lowest BCUT2D eigenvalue weighted by Gasteiger charge is -2.04. The van der Waals surface area contributed by atoms with Gasteiger partial charge in [0, 0.05) is 5.69 Å². The molecule has 0 aliphatic rings. The molecule has 1 aromatic rings. The molecule has 3 nitrogen and oxygen atoms in total. The highest BCUT2D eigenvalue weighted by atomic mass is 32.2. The second-order valence-corrected chi connectivity index (χ2v) is 5.07. The van der Waals surface area contributed by atoms with Crippen molar-refractivity contribution in [1.82, 2.24) is 0 Å². The summed E-state index contributed by atoms with van der Waals surface area (Å²) in [7, 11) is 1.61. The average molecular weight is 226 g/mol. The first kappa shape index (κ1) is 12.1. The smallest absolute Gasteiger partial charge is 0.277 e. The summed E-state index contributed by atoms with van der Waals surface area (Å²) in [6, 6.07) is 7.74. The predicted octanol–water partition coefficient (Wildman–Crippen LogP) is 1.74. The third kappa shape index (κ3) is 4.36. The van der Waals surface area contributed by atoms with E-state index < -0.39 is 0 Å². The average Bonchev–Trinajstić information content (AvgIpc) is 2.17. The van der Waals surface area contributed by atoms with Gasteiger partial charge in [-0.15, -0.1) is 0 Å². The van der Waals surface area contributed by atoms with E-state index in [0.717, 1.165) is 11.3 Å². The van der Waals surface area contributed by atoms with Crippen LogP contribution in [0.15, 0.2) is 24.3 Å². The van der Waals surface area contributed by atoms with Crippen LogP contribution in [0.5, 0.6) is 0 Å². The zero-order valence-electron chi connectivity index (χ0n) is 9.24. The molecule has 0 saturated heterocycles. The molecule has 0 saturated carbocycles. The lowest BCUT2D eigenvalue weighted by Crippen LogP contribution is -2.22. The van der Waals surface area contributed by atoms with Gasteiger partial charge in [-0.05, 0) is 24.6 Å². The Kier molecular flexibility index (Phi) is 4.65. The van der Waals surface area contributed by atoms with E-state index in [1.165, 1.54) is 0 Å². The number of aryl methyl sites for hydroxylation is 1. The van der Waals surface area contributed by atoms with Gasteiger partial charge >= 0.3 is 0 Å². The van der Waals surface area contributed by atoms with E-state index in [9.17, 15) is 4.79 Å². The van der Waals surface area contributed by atoms with Crippen LogP contribution in [0.25, 0.3) is 0 Å². The van der Waals surface area contributed by atoms with E-state index in [1.54, 1.807) is 7.11 Å². The van der Waals surface area contributed by atoms with Crippen molar-refractivity contribution in [2.75, 3.05) is 24.4 Å². The molecule has 0 aliphatic carbocycles. The van der Waals surface area contributed by atoms with Crippen molar-refractivity contribution in [3.63, 3.8) is 0 Å². The van der Waals surface area contributed by atoms with Crippen molar-refractivity contribution in [2.45, 2.75) is 6.92 Å². The molecule has 0 bridgehead atoms. The molecule has 15 heavy (non-hydrogen) atoms. The van der Waals surface area contributed by atoms with E-state index in [-0.39, 0.29) is 17.1 Å². The van der Waals surface area contributed by atoms with Gasteiger partial charge in [0.15, 0.2) is 11.2 Å². The lowest BCUT2D eigenvalue weighted by molar-refractivity contribution is -0.113. The summed E-state index contributed by atoms with van der Waals surface area (Å²) in [6.07, 6.45) is 1.90. The quantitative estimate of drug-likeness (QED) is 0.794. The fourth-order valence-electron chi connectivity index (χ4n) is 1.16. The Morgan fingerprint density at radius 3 is 2.87 bits per heavy atom. The minimum Gasteiger partial charge on any atom is -0.322 e. The third-order valence-corrected chi connectivity index (χ3v) is 3.16. The summed E-state index contributed by atoms with van der Waals surface area (Å²) in [5.74, 6) is 0.401. The number of hydrogen-bond donors (Lipinski definition) is 1. The first-order chi connectivity index (χ1) is 7.11. The predicted molar refractivity (Wildman–Crippen MR) is 65.0 cm³/mol. The van der Waals surface area contributed by atoms with Crippen molar-refractivity contribution in [3.8, 4) is 0 Å². The fourth-order valence-corrected chi connectivity index (χ4v) is 1.72. The van der Waals surface area contributed by atoms with Crippen LogP contribution in [0.4, 0.5) is 5.69 Å². The number of hydrogen-bond acceptors (Lipinski definition) is 2. The van der Waals surface area contributed by atoms with Crippen LogP contribution >= 0.6 is 0 Å². The zero-order chi connectivity index (χ0) is 11.3. The van der Waals surface area contributed by atoms with Gasteiger partial charge in [0.2, 0.25) is 5.75 Å². The summed E-state index contributed by atoms with van der Waals surface area (Å²) in [4.78, 5) is 11.5. The minimum atomic E-state index is -0.298. The Morgan fingerprint density at radius 2 is 2.27 bits per heavy atom. The molecule has 1 atom stereocenters. The van der Waals surface area contributed by atoms with Gasteiger partial charge in [-0.3, -0.25) is 4.79 Å². The summed E-state index contributed by atoms with van der Waals surface area (Å²) in [5.41, 5.74) is 1.98. The van der Waals surface area contributed by atoms with E-state index in [4.69, 9.17) is 4.18 Å². The van der Waals surface area contributed by atoms with Crippen LogP contribution in [-0.2, 0) is 20.2 Å². The van der Waals surface area contributed by atoms with Gasteiger partial charge in [-0.25, -0.2) is 0 Å². The van der Waals surface area contributed by atoms with E-state index in [2.05, 4.69) is 5.32 Å². The molecule has 82 valence electrons. The van der Waals surface area contributed by atoms with Gasteiger partial charge in [-0.2, -0.15) is 4.18 Å². The van der Waals surface area contributed by atoms with E-state index >= 15 is 0 Å². The Balaban J connectivity index is 2.51. The maximum Gasteiger partial charge on any atom is 0.277 e. The molecule has 0 fully saturated rings. The van der Waals surface area contributed by atoms with Gasteiger partial charge in [0.25, 0.3) is 5.91 Å². The number of benzene rings is 1. The van der Waals surface area contributed by atoms with Gasteiger partial charge < -0.3 is 5.32 Å². The molecule has 1 rings (SSSR count). The summed E-state index contributed by atoms with van der Waals surface area (Å²) >= 11 is -0.298. The second-order valence-electron chi connectivity index (χ2n) is 3.30. The SMILES string of the molecule is CO[S+](C)CC(=O)Nc1cccc(C)c1. The first-order valence-electron chi connectivity index (χ1n) is 4.65. The summed E-state index contributed by atoms with van der Waals surface area (Å²) in [5, 5.41) is 2.84. The van der Waals surface area contributed by atoms with Crippen molar-refractivity contribution in [3.05, 3.63) is 29.8 Å². The molecule has 1 amide bonds. The molecular formula is C11H16NO2S+. The third-order valence-electron chi connectivity index (χ3n) is 1.92. The summed E-state index contributed by atoms with van der Waals surface area (Å²) in [6.45, 7) is 2.00. The first-order valence-corrected chi connectivity index (χ1v) is 6.38. The monoisotopic (exact) mass is 226 g/mol. The molecule has 0 radical (unpaired) electrons. The number of anilines is 1. The van der Waals surface area contributed by atoms with Crippen LogP contribution in [0, 0.1) is 6.92 Å². The highest BCUT2D eigenvalue weighted by molar-refractivity contribution is 7.92. The summed E-state index contributed by atoms with van der Waals surface area (Å²) < 4.78 is 5.05. The van der Waals surface area contributed by atoms with Crippen molar-refractivity contribution in [2.24, 2.45) is 0 Å². The van der Waals surface area contributed by atoms with Crippen molar-refractivity contribution in [1.29, 1.82) is 0 Å². The van der Waals surface area contributed by atoms with E-state index in [0.29, 0.717) is 5.75 Å². The Hall–Kier alpha value is -1.00. The van der Waals surface area contributed by atoms with Crippen LogP contribution < -0.4 is 5.32 Å². The highest BCUT2D eigenvalue weighted by Gasteiger charge is 2.16. The number of carbonyl (C=O) groups excluding carboxylic acids is 1. The molecule has 0 aliphatic heterocycles. The van der Waals surface area contributed by atoms with Gasteiger partial charge in [0.05, 0.1) is 7.11 Å². The number of rotatable bonds is 4. The normalized spacial score (nSPS) is 12.2. The molecular weight excluding hydrogens is 210 g/mol. The maximum atomic E-state index is 11.5. The molecule has 0 heterocycles. The van der Waals surface area contributed by atoms with Crippen molar-refractivity contribution >= 4 is 22.8 Å².